The van der Waals surface area contributed by atoms with Crippen LogP contribution in [0.1, 0.15) is 18.2 Å². The fraction of sp³-hybridized carbons (Fsp3) is 0.286. The van der Waals surface area contributed by atoms with Crippen molar-refractivity contribution in [1.82, 2.24) is 9.78 Å². The van der Waals surface area contributed by atoms with Gasteiger partial charge in [-0.25, -0.2) is 4.68 Å². The Morgan fingerprint density at radius 3 is 2.81 bits per heavy atom. The zero-order chi connectivity index (χ0) is 15.6. The quantitative estimate of drug-likeness (QED) is 0.636. The Morgan fingerprint density at radius 2 is 2.24 bits per heavy atom. The summed E-state index contributed by atoms with van der Waals surface area (Å²) in [5.41, 5.74) is 1.65. The normalized spacial score (nSPS) is 10.2. The predicted molar refractivity (Wildman–Crippen MR) is 78.5 cm³/mol. The molecule has 108 valence electrons. The Morgan fingerprint density at radius 1 is 1.52 bits per heavy atom. The highest BCUT2D eigenvalue weighted by Crippen LogP contribution is 2.35. The van der Waals surface area contributed by atoms with E-state index in [1.807, 2.05) is 6.92 Å². The van der Waals surface area contributed by atoms with Crippen LogP contribution in [-0.4, -0.2) is 21.8 Å². The van der Waals surface area contributed by atoms with E-state index in [0.29, 0.717) is 29.2 Å². The van der Waals surface area contributed by atoms with Gasteiger partial charge in [0.1, 0.15) is 5.69 Å². The van der Waals surface area contributed by atoms with Gasteiger partial charge in [-0.15, -0.1) is 0 Å². The zero-order valence-corrected chi connectivity index (χ0v) is 12.1. The molecule has 0 spiro atoms. The first kappa shape index (κ1) is 14.5. The van der Waals surface area contributed by atoms with E-state index < -0.39 is 4.92 Å². The molecule has 0 N–H and O–H groups in total. The molecule has 0 amide bonds. The van der Waals surface area contributed by atoms with Crippen LogP contribution in [0.3, 0.4) is 0 Å². The van der Waals surface area contributed by atoms with E-state index in [4.69, 9.17) is 5.26 Å². The van der Waals surface area contributed by atoms with Gasteiger partial charge in [0.2, 0.25) is 5.82 Å². The number of nitrogens with zero attached hydrogens (tertiary/aromatic N) is 5. The van der Waals surface area contributed by atoms with Crippen LogP contribution in [0.15, 0.2) is 24.3 Å². The molecule has 0 aliphatic heterocycles. The topological polar surface area (TPSA) is 88.0 Å². The number of aryl methyl sites for hydroxylation is 2. The number of anilines is 2. The van der Waals surface area contributed by atoms with Crippen molar-refractivity contribution in [2.45, 2.75) is 13.3 Å². The van der Waals surface area contributed by atoms with E-state index in [2.05, 4.69) is 11.2 Å². The van der Waals surface area contributed by atoms with Crippen LogP contribution in [-0.2, 0) is 13.5 Å². The van der Waals surface area contributed by atoms with Gasteiger partial charge in [0.25, 0.3) is 0 Å². The first-order valence-corrected chi connectivity index (χ1v) is 6.43. The van der Waals surface area contributed by atoms with Gasteiger partial charge in [-0.05, 0) is 24.6 Å². The van der Waals surface area contributed by atoms with Crippen molar-refractivity contribution >= 4 is 17.2 Å². The van der Waals surface area contributed by atoms with Crippen molar-refractivity contribution in [1.29, 1.82) is 5.26 Å². The third-order valence-corrected chi connectivity index (χ3v) is 3.26. The minimum atomic E-state index is -0.411. The number of hydrogen-bond donors (Lipinski definition) is 0. The van der Waals surface area contributed by atoms with Gasteiger partial charge in [0.15, 0.2) is 0 Å². The van der Waals surface area contributed by atoms with E-state index in [1.54, 1.807) is 43.3 Å². The SMILES string of the molecule is CCc1nn(C)c(N(C)c2cccc(C#N)c2)c1[N+](=O)[O-]. The van der Waals surface area contributed by atoms with Crippen LogP contribution >= 0.6 is 0 Å². The van der Waals surface area contributed by atoms with E-state index in [9.17, 15) is 10.1 Å². The van der Waals surface area contributed by atoms with Gasteiger partial charge in [0, 0.05) is 19.8 Å². The second kappa shape index (κ2) is 5.63. The van der Waals surface area contributed by atoms with Gasteiger partial charge in [0.05, 0.1) is 16.6 Å². The van der Waals surface area contributed by atoms with E-state index in [0.717, 1.165) is 0 Å². The highest BCUT2D eigenvalue weighted by atomic mass is 16.6. The minimum Gasteiger partial charge on any atom is -0.324 e. The van der Waals surface area contributed by atoms with Crippen molar-refractivity contribution in [2.75, 3.05) is 11.9 Å². The van der Waals surface area contributed by atoms with Gasteiger partial charge >= 0.3 is 5.69 Å². The average molecular weight is 285 g/mol. The number of benzene rings is 1. The van der Waals surface area contributed by atoms with Gasteiger partial charge in [-0.1, -0.05) is 13.0 Å². The van der Waals surface area contributed by atoms with Gasteiger partial charge in [-0.2, -0.15) is 10.4 Å². The fourth-order valence-corrected chi connectivity index (χ4v) is 2.27. The lowest BCUT2D eigenvalue weighted by molar-refractivity contribution is -0.384. The molecule has 0 aliphatic rings. The van der Waals surface area contributed by atoms with Crippen molar-refractivity contribution < 1.29 is 4.92 Å². The number of rotatable bonds is 4. The Kier molecular flexibility index (Phi) is 3.89. The third-order valence-electron chi connectivity index (χ3n) is 3.26. The number of nitro groups is 1. The molecule has 2 rings (SSSR count). The summed E-state index contributed by atoms with van der Waals surface area (Å²) >= 11 is 0. The fourth-order valence-electron chi connectivity index (χ4n) is 2.27. The highest BCUT2D eigenvalue weighted by molar-refractivity contribution is 5.70. The predicted octanol–water partition coefficient (Wildman–Crippen LogP) is 2.53. The molecule has 0 fully saturated rings. The van der Waals surface area contributed by atoms with E-state index in [-0.39, 0.29) is 5.69 Å². The molecular formula is C14H15N5O2. The molecule has 0 bridgehead atoms. The molecule has 0 unspecified atom stereocenters. The minimum absolute atomic E-state index is 0.00450. The lowest BCUT2D eigenvalue weighted by Crippen LogP contribution is -2.15. The molecule has 0 saturated heterocycles. The Labute approximate surface area is 122 Å². The molecule has 2 aromatic rings. The summed E-state index contributed by atoms with van der Waals surface area (Å²) in [6.07, 6.45) is 0.482. The van der Waals surface area contributed by atoms with Crippen LogP contribution in [0.2, 0.25) is 0 Å². The third kappa shape index (κ3) is 2.56. The monoisotopic (exact) mass is 285 g/mol. The summed E-state index contributed by atoms with van der Waals surface area (Å²) in [7, 11) is 3.39. The Bertz CT molecular complexity index is 729. The van der Waals surface area contributed by atoms with Crippen molar-refractivity contribution in [2.24, 2.45) is 7.05 Å². The first-order valence-electron chi connectivity index (χ1n) is 6.43. The maximum Gasteiger partial charge on any atom is 0.334 e. The summed E-state index contributed by atoms with van der Waals surface area (Å²) in [6.45, 7) is 1.83. The Hall–Kier alpha value is -2.88. The highest BCUT2D eigenvalue weighted by Gasteiger charge is 2.28. The summed E-state index contributed by atoms with van der Waals surface area (Å²) in [5.74, 6) is 0.395. The van der Waals surface area contributed by atoms with Crippen molar-refractivity contribution in [3.63, 3.8) is 0 Å². The maximum absolute atomic E-state index is 11.3. The number of aromatic nitrogens is 2. The molecule has 1 aromatic carbocycles. The molecular weight excluding hydrogens is 270 g/mol. The summed E-state index contributed by atoms with van der Waals surface area (Å²) < 4.78 is 1.50. The van der Waals surface area contributed by atoms with Crippen LogP contribution in [0, 0.1) is 21.4 Å². The second-order valence-electron chi connectivity index (χ2n) is 4.57. The standard InChI is InChI=1S/C14H15N5O2/c1-4-12-13(19(20)21)14(18(3)16-12)17(2)11-7-5-6-10(8-11)9-15/h5-8H,4H2,1-3H3. The molecule has 7 heteroatoms. The van der Waals surface area contributed by atoms with E-state index in [1.165, 1.54) is 4.68 Å². The van der Waals surface area contributed by atoms with Crippen molar-refractivity contribution in [3.05, 3.63) is 45.6 Å². The van der Waals surface area contributed by atoms with Crippen molar-refractivity contribution in [3.8, 4) is 6.07 Å². The van der Waals surface area contributed by atoms with Crippen LogP contribution in [0.5, 0.6) is 0 Å². The molecule has 1 aromatic heterocycles. The average Bonchev–Trinajstić information content (AvgIpc) is 2.83. The van der Waals surface area contributed by atoms with Crippen LogP contribution in [0.4, 0.5) is 17.2 Å². The van der Waals surface area contributed by atoms with Gasteiger partial charge < -0.3 is 4.90 Å². The summed E-state index contributed by atoms with van der Waals surface area (Å²) in [5, 5.41) is 24.5. The molecule has 0 aliphatic carbocycles. The molecule has 1 heterocycles. The van der Waals surface area contributed by atoms with Crippen LogP contribution < -0.4 is 4.90 Å². The first-order chi connectivity index (χ1) is 9.99. The zero-order valence-electron chi connectivity index (χ0n) is 12.1. The Balaban J connectivity index is 2.57. The maximum atomic E-state index is 11.3. The summed E-state index contributed by atoms with van der Waals surface area (Å²) in [4.78, 5) is 12.6. The smallest absolute Gasteiger partial charge is 0.324 e. The van der Waals surface area contributed by atoms with Gasteiger partial charge in [-0.3, -0.25) is 10.1 Å². The molecule has 0 radical (unpaired) electrons. The second-order valence-corrected chi connectivity index (χ2v) is 4.57. The number of nitriles is 1. The molecule has 0 atom stereocenters. The molecule has 0 saturated carbocycles. The summed E-state index contributed by atoms with van der Waals surface area (Å²) in [6, 6.07) is 8.97. The lowest BCUT2D eigenvalue weighted by atomic mass is 10.2. The number of hydrogen-bond acceptors (Lipinski definition) is 5. The van der Waals surface area contributed by atoms with E-state index >= 15 is 0 Å². The largest absolute Gasteiger partial charge is 0.334 e. The molecule has 21 heavy (non-hydrogen) atoms. The molecule has 7 nitrogen and oxygen atoms in total. The van der Waals surface area contributed by atoms with Crippen LogP contribution in [0.25, 0.3) is 0 Å². The lowest BCUT2D eigenvalue weighted by Gasteiger charge is -2.18.